The molecule has 178 valence electrons. The van der Waals surface area contributed by atoms with Gasteiger partial charge in [-0.3, -0.25) is 9.89 Å². The average molecular weight is 466 g/mol. The fourth-order valence-corrected chi connectivity index (χ4v) is 4.70. The molecule has 7 nitrogen and oxygen atoms in total. The summed E-state index contributed by atoms with van der Waals surface area (Å²) in [5, 5.41) is 10.1. The number of piperidine rings is 1. The number of halogens is 1. The number of nitrogens with one attached hydrogen (secondary N) is 2. The van der Waals surface area contributed by atoms with Crippen LogP contribution < -0.4 is 19.5 Å². The van der Waals surface area contributed by atoms with E-state index in [0.29, 0.717) is 25.2 Å². The minimum absolute atomic E-state index is 0.162. The van der Waals surface area contributed by atoms with Crippen LogP contribution in [0, 0.1) is 11.7 Å². The highest BCUT2D eigenvalue weighted by atomic mass is 19.1. The Labute approximate surface area is 197 Å². The Morgan fingerprint density at radius 1 is 1.18 bits per heavy atom. The van der Waals surface area contributed by atoms with Gasteiger partial charge in [-0.15, -0.1) is 0 Å². The highest BCUT2D eigenvalue weighted by Gasteiger charge is 2.28. The van der Waals surface area contributed by atoms with Crippen LogP contribution in [0.25, 0.3) is 0 Å². The van der Waals surface area contributed by atoms with Gasteiger partial charge >= 0.3 is 0 Å². The van der Waals surface area contributed by atoms with E-state index >= 15 is 0 Å². The van der Waals surface area contributed by atoms with Crippen molar-refractivity contribution in [1.82, 2.24) is 15.5 Å². The predicted octanol–water partition coefficient (Wildman–Crippen LogP) is 4.26. The molecule has 1 saturated heterocycles. The maximum Gasteiger partial charge on any atom is 0.231 e. The van der Waals surface area contributed by atoms with Crippen molar-refractivity contribution < 1.29 is 23.4 Å². The molecule has 0 unspecified atom stereocenters. The quantitative estimate of drug-likeness (QED) is 0.460. The first kappa shape index (κ1) is 22.4. The fourth-order valence-electron chi connectivity index (χ4n) is 4.70. The van der Waals surface area contributed by atoms with Gasteiger partial charge in [-0.2, -0.15) is 5.10 Å². The Morgan fingerprint density at radius 2 is 2.09 bits per heavy atom. The second-order valence-corrected chi connectivity index (χ2v) is 8.81. The van der Waals surface area contributed by atoms with E-state index in [0.717, 1.165) is 48.6 Å². The number of fused-ring (bicyclic) bond motifs is 1. The van der Waals surface area contributed by atoms with Crippen molar-refractivity contribution in [2.75, 3.05) is 26.5 Å². The predicted molar refractivity (Wildman–Crippen MR) is 124 cm³/mol. The van der Waals surface area contributed by atoms with Crippen molar-refractivity contribution in [3.63, 3.8) is 0 Å². The van der Waals surface area contributed by atoms with Crippen LogP contribution in [0.2, 0.25) is 0 Å². The lowest BCUT2D eigenvalue weighted by atomic mass is 9.80. The van der Waals surface area contributed by atoms with Gasteiger partial charge < -0.3 is 19.5 Å². The van der Waals surface area contributed by atoms with Gasteiger partial charge in [-0.1, -0.05) is 6.07 Å². The summed E-state index contributed by atoms with van der Waals surface area (Å²) >= 11 is 0. The lowest BCUT2D eigenvalue weighted by Gasteiger charge is -2.32. The monoisotopic (exact) mass is 465 g/mol. The summed E-state index contributed by atoms with van der Waals surface area (Å²) in [5.41, 5.74) is 2.21. The summed E-state index contributed by atoms with van der Waals surface area (Å²) in [5.74, 6) is 1.87. The number of benzene rings is 2. The molecule has 0 aliphatic carbocycles. The number of aromatic amines is 1. The van der Waals surface area contributed by atoms with Crippen molar-refractivity contribution in [2.24, 2.45) is 5.92 Å². The van der Waals surface area contributed by atoms with Gasteiger partial charge in [-0.25, -0.2) is 4.39 Å². The average Bonchev–Trinajstić information content (AvgIpc) is 3.55. The van der Waals surface area contributed by atoms with E-state index in [9.17, 15) is 9.18 Å². The molecule has 0 amide bonds. The van der Waals surface area contributed by atoms with Crippen molar-refractivity contribution >= 4 is 5.78 Å². The van der Waals surface area contributed by atoms with Crippen molar-refractivity contribution in [1.29, 1.82) is 0 Å². The first-order valence-corrected chi connectivity index (χ1v) is 11.7. The summed E-state index contributed by atoms with van der Waals surface area (Å²) in [7, 11) is 0. The number of H-pyrrole nitrogens is 1. The Hall–Kier alpha value is -3.39. The summed E-state index contributed by atoms with van der Waals surface area (Å²) in [4.78, 5) is 12.8. The minimum atomic E-state index is -0.459. The van der Waals surface area contributed by atoms with Crippen LogP contribution in [0.5, 0.6) is 17.2 Å². The molecule has 2 aliphatic heterocycles. The van der Waals surface area contributed by atoms with Gasteiger partial charge in [0.1, 0.15) is 11.6 Å². The SMILES string of the molecule is O=C(CCCc1cn[nH]c1)c1cc([C@@H]2CCNC[C@H]2COc2ccc3c(c2)OCO3)ccc1F. The van der Waals surface area contributed by atoms with Crippen LogP contribution in [0.3, 0.4) is 0 Å². The first-order chi connectivity index (χ1) is 16.7. The standard InChI is InChI=1S/C26H28FN3O4/c27-23-6-4-18(10-22(23)24(31)3-1-2-17-12-29-30-13-17)21-8-9-28-14-19(21)15-32-20-5-7-25-26(11-20)34-16-33-25/h4-7,10-13,19,21,28H,1-3,8-9,14-16H2,(H,29,30)/t19-,21-/m0/s1. The van der Waals surface area contributed by atoms with Crippen molar-refractivity contribution in [2.45, 2.75) is 31.6 Å². The number of aromatic nitrogens is 2. The number of ether oxygens (including phenoxy) is 3. The van der Waals surface area contributed by atoms with Crippen LogP contribution in [0.1, 0.15) is 46.7 Å². The number of aryl methyl sites for hydroxylation is 1. The molecule has 1 fully saturated rings. The summed E-state index contributed by atoms with van der Waals surface area (Å²) in [6.45, 7) is 2.39. The van der Waals surface area contributed by atoms with E-state index in [1.807, 2.05) is 24.4 Å². The molecule has 2 N–H and O–H groups in total. The van der Waals surface area contributed by atoms with Crippen molar-refractivity contribution in [3.05, 3.63) is 71.3 Å². The third kappa shape index (κ3) is 5.07. The second kappa shape index (κ2) is 10.3. The molecular weight excluding hydrogens is 437 g/mol. The second-order valence-electron chi connectivity index (χ2n) is 8.81. The molecule has 34 heavy (non-hydrogen) atoms. The van der Waals surface area contributed by atoms with Gasteiger partial charge in [0.15, 0.2) is 17.3 Å². The molecule has 8 heteroatoms. The van der Waals surface area contributed by atoms with Crippen LogP contribution in [-0.2, 0) is 6.42 Å². The highest BCUT2D eigenvalue weighted by Crippen LogP contribution is 2.36. The van der Waals surface area contributed by atoms with E-state index in [2.05, 4.69) is 15.5 Å². The number of carbonyl (C=O) groups excluding carboxylic acids is 1. The van der Waals surface area contributed by atoms with E-state index in [1.54, 1.807) is 18.3 Å². The normalized spacial score (nSPS) is 19.2. The van der Waals surface area contributed by atoms with Gasteiger partial charge in [-0.05, 0) is 67.1 Å². The maximum atomic E-state index is 14.6. The topological polar surface area (TPSA) is 85.5 Å². The van der Waals surface area contributed by atoms with Gasteiger partial charge in [0.25, 0.3) is 0 Å². The van der Waals surface area contributed by atoms with Gasteiger partial charge in [0, 0.05) is 31.1 Å². The molecular formula is C26H28FN3O4. The van der Waals surface area contributed by atoms with E-state index in [-0.39, 0.29) is 30.0 Å². The molecule has 3 heterocycles. The zero-order valence-electron chi connectivity index (χ0n) is 18.9. The fraction of sp³-hybridized carbons (Fsp3) is 0.385. The largest absolute Gasteiger partial charge is 0.493 e. The number of ketones is 1. The number of hydrogen-bond donors (Lipinski definition) is 2. The van der Waals surface area contributed by atoms with E-state index in [1.165, 1.54) is 6.07 Å². The maximum absolute atomic E-state index is 14.6. The molecule has 0 radical (unpaired) electrons. The zero-order valence-corrected chi connectivity index (χ0v) is 18.9. The molecule has 0 saturated carbocycles. The molecule has 0 bridgehead atoms. The lowest BCUT2D eigenvalue weighted by molar-refractivity contribution is 0.0976. The van der Waals surface area contributed by atoms with Crippen LogP contribution in [0.4, 0.5) is 4.39 Å². The molecule has 3 aromatic rings. The molecule has 2 aliphatic rings. The van der Waals surface area contributed by atoms with Crippen LogP contribution in [0.15, 0.2) is 48.8 Å². The van der Waals surface area contributed by atoms with Crippen molar-refractivity contribution in [3.8, 4) is 17.2 Å². The molecule has 0 spiro atoms. The summed E-state index contributed by atoms with van der Waals surface area (Å²) in [6, 6.07) is 10.5. The number of hydrogen-bond acceptors (Lipinski definition) is 6. The lowest BCUT2D eigenvalue weighted by Crippen LogP contribution is -2.38. The third-order valence-electron chi connectivity index (χ3n) is 6.56. The van der Waals surface area contributed by atoms with Gasteiger partial charge in [0.05, 0.1) is 18.4 Å². The molecule has 1 aromatic heterocycles. The molecule has 2 atom stereocenters. The van der Waals surface area contributed by atoms with Crippen LogP contribution in [-0.4, -0.2) is 42.5 Å². The summed E-state index contributed by atoms with van der Waals surface area (Å²) < 4.78 is 31.4. The van der Waals surface area contributed by atoms with Crippen LogP contribution >= 0.6 is 0 Å². The summed E-state index contributed by atoms with van der Waals surface area (Å²) in [6.07, 6.45) is 6.14. The Balaban J connectivity index is 1.25. The molecule has 2 aromatic carbocycles. The number of nitrogens with zero attached hydrogens (tertiary/aromatic N) is 1. The Kier molecular flexibility index (Phi) is 6.76. The molecule has 5 rings (SSSR count). The van der Waals surface area contributed by atoms with Gasteiger partial charge in [0.2, 0.25) is 6.79 Å². The van der Waals surface area contributed by atoms with E-state index in [4.69, 9.17) is 14.2 Å². The Morgan fingerprint density at radius 3 is 2.97 bits per heavy atom. The number of carbonyl (C=O) groups is 1. The zero-order chi connectivity index (χ0) is 23.3. The highest BCUT2D eigenvalue weighted by molar-refractivity contribution is 5.96. The third-order valence-corrected chi connectivity index (χ3v) is 6.56. The number of rotatable bonds is 9. The number of Topliss-reactive ketones (excluding diaryl/α,β-unsaturated/α-hetero) is 1. The Bertz CT molecular complexity index is 1140. The van der Waals surface area contributed by atoms with E-state index < -0.39 is 5.82 Å². The minimum Gasteiger partial charge on any atom is -0.493 e. The first-order valence-electron chi connectivity index (χ1n) is 11.7. The smallest absolute Gasteiger partial charge is 0.231 e.